The molecule has 126 valence electrons. The predicted octanol–water partition coefficient (Wildman–Crippen LogP) is 4.43. The highest BCUT2D eigenvalue weighted by Crippen LogP contribution is 2.37. The summed E-state index contributed by atoms with van der Waals surface area (Å²) in [4.78, 5) is 14.9. The van der Waals surface area contributed by atoms with E-state index in [9.17, 15) is 4.79 Å². The summed E-state index contributed by atoms with van der Waals surface area (Å²) in [5.74, 6) is 1.71. The van der Waals surface area contributed by atoms with Crippen LogP contribution in [-0.4, -0.2) is 34.1 Å². The first-order chi connectivity index (χ1) is 11.8. The molecule has 0 amide bonds. The number of nitrogens with zero attached hydrogens (tertiary/aromatic N) is 1. The Balaban J connectivity index is 1.80. The summed E-state index contributed by atoms with van der Waals surface area (Å²) in [5.41, 5.74) is 2.50. The van der Waals surface area contributed by atoms with E-state index in [1.165, 1.54) is 22.9 Å². The third-order valence-electron chi connectivity index (χ3n) is 4.44. The number of hydrogen-bond acceptors (Lipinski definition) is 4. The molecule has 1 heterocycles. The largest absolute Gasteiger partial charge is 0.285 e. The summed E-state index contributed by atoms with van der Waals surface area (Å²) >= 11 is 5.69. The second-order valence-corrected chi connectivity index (χ2v) is 7.56. The minimum atomic E-state index is 0.0281. The number of hydrogen-bond donors (Lipinski definition) is 1. The number of thioether (sulfide) groups is 1. The molecule has 0 saturated carbocycles. The highest BCUT2D eigenvalue weighted by Gasteiger charge is 2.39. The lowest BCUT2D eigenvalue weighted by molar-refractivity contribution is -0.120. The van der Waals surface area contributed by atoms with E-state index in [4.69, 9.17) is 0 Å². The monoisotopic (exact) mass is 357 g/mol. The van der Waals surface area contributed by atoms with E-state index in [-0.39, 0.29) is 12.1 Å². The summed E-state index contributed by atoms with van der Waals surface area (Å²) in [5, 5.41) is 0.305. The van der Waals surface area contributed by atoms with Crippen LogP contribution in [0.3, 0.4) is 0 Å². The van der Waals surface area contributed by atoms with Gasteiger partial charge in [-0.1, -0.05) is 72.4 Å². The first kappa shape index (κ1) is 17.6. The van der Waals surface area contributed by atoms with E-state index in [0.717, 1.165) is 30.9 Å². The summed E-state index contributed by atoms with van der Waals surface area (Å²) in [7, 11) is 0. The minimum absolute atomic E-state index is 0.0281. The Kier molecular flexibility index (Phi) is 6.41. The minimum Gasteiger partial charge on any atom is -0.285 e. The highest BCUT2D eigenvalue weighted by molar-refractivity contribution is 8.13. The van der Waals surface area contributed by atoms with Crippen molar-refractivity contribution in [3.8, 4) is 0 Å². The third-order valence-corrected chi connectivity index (χ3v) is 5.81. The molecule has 0 radical (unpaired) electrons. The van der Waals surface area contributed by atoms with Crippen molar-refractivity contribution in [2.24, 2.45) is 0 Å². The maximum absolute atomic E-state index is 12.6. The van der Waals surface area contributed by atoms with Crippen molar-refractivity contribution in [1.29, 1.82) is 0 Å². The van der Waals surface area contributed by atoms with Crippen molar-refractivity contribution in [3.05, 3.63) is 71.8 Å². The van der Waals surface area contributed by atoms with Crippen LogP contribution in [0.15, 0.2) is 60.7 Å². The Morgan fingerprint density at radius 1 is 1.08 bits per heavy atom. The summed E-state index contributed by atoms with van der Waals surface area (Å²) < 4.78 is 0. The van der Waals surface area contributed by atoms with Crippen LogP contribution >= 0.6 is 24.4 Å². The maximum atomic E-state index is 12.6. The van der Waals surface area contributed by atoms with Gasteiger partial charge in [0.15, 0.2) is 0 Å². The van der Waals surface area contributed by atoms with Gasteiger partial charge in [0.05, 0.1) is 12.1 Å². The summed E-state index contributed by atoms with van der Waals surface area (Å²) in [6.45, 7) is 0.970. The number of rotatable bonds is 7. The van der Waals surface area contributed by atoms with Gasteiger partial charge in [-0.25, -0.2) is 0 Å². The summed E-state index contributed by atoms with van der Waals surface area (Å²) in [6.07, 6.45) is 1.94. The fourth-order valence-electron chi connectivity index (χ4n) is 3.15. The zero-order chi connectivity index (χ0) is 16.8. The van der Waals surface area contributed by atoms with Crippen molar-refractivity contribution >= 4 is 29.5 Å². The molecule has 4 heteroatoms. The lowest BCUT2D eigenvalue weighted by Crippen LogP contribution is -2.53. The van der Waals surface area contributed by atoms with E-state index in [1.54, 1.807) is 0 Å². The van der Waals surface area contributed by atoms with Crippen LogP contribution in [0, 0.1) is 0 Å². The second-order valence-electron chi connectivity index (χ2n) is 6.01. The molecular weight excluding hydrogens is 334 g/mol. The molecule has 3 rings (SSSR count). The molecule has 2 nitrogen and oxygen atoms in total. The van der Waals surface area contributed by atoms with E-state index in [2.05, 4.69) is 66.1 Å². The zero-order valence-electron chi connectivity index (χ0n) is 13.7. The van der Waals surface area contributed by atoms with Gasteiger partial charge in [-0.3, -0.25) is 9.69 Å². The number of carbonyl (C=O) groups excluding carboxylic acids is 1. The van der Waals surface area contributed by atoms with Crippen LogP contribution in [0.1, 0.15) is 30.0 Å². The normalized spacial score (nSPS) is 17.7. The van der Waals surface area contributed by atoms with E-state index >= 15 is 0 Å². The molecule has 1 aliphatic heterocycles. The molecule has 2 aromatic carbocycles. The quantitative estimate of drug-likeness (QED) is 0.585. The smallest absolute Gasteiger partial charge is 0.206 e. The van der Waals surface area contributed by atoms with Gasteiger partial charge in [0.25, 0.3) is 0 Å². The number of thiol groups is 1. The average Bonchev–Trinajstić information content (AvgIpc) is 2.60. The summed E-state index contributed by atoms with van der Waals surface area (Å²) in [6, 6.07) is 21.2. The van der Waals surface area contributed by atoms with Crippen LogP contribution in [0.2, 0.25) is 0 Å². The molecule has 0 spiro atoms. The van der Waals surface area contributed by atoms with Crippen LogP contribution in [0.25, 0.3) is 0 Å². The van der Waals surface area contributed by atoms with E-state index < -0.39 is 0 Å². The standard InChI is InChI=1S/C20H23NOS2/c22-20(24-15-7-14-23)18-12-13-21(18)19(16-8-3-1-4-9-16)17-10-5-2-6-11-17/h1-6,8-11,18-19,23H,7,12-15H2. The molecule has 1 saturated heterocycles. The Hall–Kier alpha value is -1.23. The molecule has 1 atom stereocenters. The van der Waals surface area contributed by atoms with E-state index in [0.29, 0.717) is 5.12 Å². The van der Waals surface area contributed by atoms with Crippen LogP contribution in [0.5, 0.6) is 0 Å². The number of likely N-dealkylation sites (tertiary alicyclic amines) is 1. The van der Waals surface area contributed by atoms with Crippen LogP contribution in [0.4, 0.5) is 0 Å². The fourth-order valence-corrected chi connectivity index (χ4v) is 4.46. The first-order valence-electron chi connectivity index (χ1n) is 8.44. The van der Waals surface area contributed by atoms with Crippen LogP contribution in [-0.2, 0) is 4.79 Å². The topological polar surface area (TPSA) is 20.3 Å². The molecule has 0 aromatic heterocycles. The Morgan fingerprint density at radius 2 is 1.67 bits per heavy atom. The van der Waals surface area contributed by atoms with E-state index in [1.807, 2.05) is 12.1 Å². The third kappa shape index (κ3) is 4.05. The fraction of sp³-hybridized carbons (Fsp3) is 0.350. The van der Waals surface area contributed by atoms with Crippen LogP contribution < -0.4 is 0 Å². The molecule has 2 aromatic rings. The van der Waals surface area contributed by atoms with Crippen molar-refractivity contribution in [2.45, 2.75) is 24.9 Å². The van der Waals surface area contributed by atoms with Gasteiger partial charge in [-0.2, -0.15) is 12.6 Å². The molecule has 24 heavy (non-hydrogen) atoms. The molecule has 0 aliphatic carbocycles. The number of benzene rings is 2. The molecule has 1 fully saturated rings. The van der Waals surface area contributed by atoms with Gasteiger partial charge >= 0.3 is 0 Å². The van der Waals surface area contributed by atoms with Crippen molar-refractivity contribution in [2.75, 3.05) is 18.1 Å². The first-order valence-corrected chi connectivity index (χ1v) is 10.1. The number of carbonyl (C=O) groups is 1. The van der Waals surface area contributed by atoms with Gasteiger partial charge in [0.2, 0.25) is 5.12 Å². The maximum Gasteiger partial charge on any atom is 0.206 e. The zero-order valence-corrected chi connectivity index (χ0v) is 15.4. The van der Waals surface area contributed by atoms with Gasteiger partial charge in [0, 0.05) is 12.3 Å². The lowest BCUT2D eigenvalue weighted by atomic mass is 9.91. The average molecular weight is 358 g/mol. The Bertz CT molecular complexity index is 608. The molecule has 1 unspecified atom stereocenters. The Labute approximate surface area is 154 Å². The molecule has 0 bridgehead atoms. The van der Waals surface area contributed by atoms with Gasteiger partial charge in [0.1, 0.15) is 0 Å². The van der Waals surface area contributed by atoms with Gasteiger partial charge in [-0.15, -0.1) is 0 Å². The van der Waals surface area contributed by atoms with Crippen molar-refractivity contribution in [1.82, 2.24) is 4.90 Å². The van der Waals surface area contributed by atoms with Gasteiger partial charge in [-0.05, 0) is 29.7 Å². The Morgan fingerprint density at radius 3 is 2.12 bits per heavy atom. The molecular formula is C20H23NOS2. The lowest BCUT2D eigenvalue weighted by Gasteiger charge is -2.45. The van der Waals surface area contributed by atoms with Crippen molar-refractivity contribution in [3.63, 3.8) is 0 Å². The van der Waals surface area contributed by atoms with Gasteiger partial charge < -0.3 is 0 Å². The predicted molar refractivity (Wildman–Crippen MR) is 106 cm³/mol. The van der Waals surface area contributed by atoms with Crippen molar-refractivity contribution < 1.29 is 4.79 Å². The highest BCUT2D eigenvalue weighted by atomic mass is 32.2. The SMILES string of the molecule is O=C(SCCCS)C1CCN1C(c1ccccc1)c1ccccc1. The molecule has 1 aliphatic rings. The second kappa shape index (κ2) is 8.75. The molecule has 0 N–H and O–H groups in total.